The van der Waals surface area contributed by atoms with E-state index in [1.165, 1.54) is 6.07 Å². The summed E-state index contributed by atoms with van der Waals surface area (Å²) in [5.41, 5.74) is 0.664. The lowest BCUT2D eigenvalue weighted by Crippen LogP contribution is -2.20. The van der Waals surface area contributed by atoms with Gasteiger partial charge in [0, 0.05) is 23.0 Å². The second-order valence-corrected chi connectivity index (χ2v) is 6.02. The average molecular weight is 316 g/mol. The summed E-state index contributed by atoms with van der Waals surface area (Å²) in [6.45, 7) is 0.249. The second kappa shape index (κ2) is 5.97. The van der Waals surface area contributed by atoms with Gasteiger partial charge < -0.3 is 10.4 Å². The number of anilines is 1. The third-order valence-electron chi connectivity index (χ3n) is 2.87. The van der Waals surface area contributed by atoms with Crippen LogP contribution in [0.25, 0.3) is 10.8 Å². The van der Waals surface area contributed by atoms with Crippen molar-refractivity contribution >= 4 is 38.2 Å². The Hall–Kier alpha value is -1.34. The minimum atomic E-state index is -4.28. The van der Waals surface area contributed by atoms with Crippen molar-refractivity contribution in [1.82, 2.24) is 0 Å². The van der Waals surface area contributed by atoms with Gasteiger partial charge >= 0.3 is 0 Å². The van der Waals surface area contributed by atoms with Gasteiger partial charge in [-0.05, 0) is 12.1 Å². The summed E-state index contributed by atoms with van der Waals surface area (Å²) in [4.78, 5) is -0.142. The van der Waals surface area contributed by atoms with Crippen LogP contribution < -0.4 is 5.32 Å². The number of hydrogen-bond donors (Lipinski definition) is 3. The van der Waals surface area contributed by atoms with Crippen molar-refractivity contribution in [3.8, 4) is 0 Å². The SMILES string of the molecule is O=S(=O)(O)c1ccc(NCC(O)CCl)c2ccccc12. The van der Waals surface area contributed by atoms with E-state index in [1.54, 1.807) is 30.3 Å². The van der Waals surface area contributed by atoms with E-state index in [2.05, 4.69) is 5.32 Å². The monoisotopic (exact) mass is 315 g/mol. The van der Waals surface area contributed by atoms with E-state index < -0.39 is 16.2 Å². The standard InChI is InChI=1S/C13H14ClNO4S/c14-7-9(16)8-15-12-5-6-13(20(17,18)19)11-4-2-1-3-10(11)12/h1-6,9,15-16H,7-8H2,(H,17,18,19). The highest BCUT2D eigenvalue weighted by atomic mass is 35.5. The molecule has 0 aliphatic carbocycles. The molecule has 0 aliphatic rings. The van der Waals surface area contributed by atoms with Crippen molar-refractivity contribution in [2.24, 2.45) is 0 Å². The number of nitrogens with one attached hydrogen (secondary N) is 1. The Morgan fingerprint density at radius 3 is 2.40 bits per heavy atom. The van der Waals surface area contributed by atoms with Crippen LogP contribution in [-0.2, 0) is 10.1 Å². The lowest BCUT2D eigenvalue weighted by molar-refractivity contribution is 0.211. The van der Waals surface area contributed by atoms with E-state index in [0.29, 0.717) is 16.5 Å². The first-order chi connectivity index (χ1) is 9.43. The Bertz CT molecular complexity index is 717. The zero-order valence-electron chi connectivity index (χ0n) is 10.5. The fourth-order valence-electron chi connectivity index (χ4n) is 1.93. The first kappa shape index (κ1) is 15.1. The highest BCUT2D eigenvalue weighted by molar-refractivity contribution is 7.86. The van der Waals surface area contributed by atoms with Crippen LogP contribution in [0.5, 0.6) is 0 Å². The van der Waals surface area contributed by atoms with Crippen LogP contribution in [0.4, 0.5) is 5.69 Å². The van der Waals surface area contributed by atoms with Gasteiger partial charge in [0.05, 0.1) is 12.0 Å². The molecule has 0 saturated carbocycles. The molecule has 0 amide bonds. The molecular weight excluding hydrogens is 302 g/mol. The van der Waals surface area contributed by atoms with Crippen molar-refractivity contribution in [3.63, 3.8) is 0 Å². The number of hydrogen-bond acceptors (Lipinski definition) is 4. The number of fused-ring (bicyclic) bond motifs is 1. The van der Waals surface area contributed by atoms with Crippen molar-refractivity contribution in [1.29, 1.82) is 0 Å². The minimum absolute atomic E-state index is 0.105. The number of rotatable bonds is 5. The number of aliphatic hydroxyl groups is 1. The highest BCUT2D eigenvalue weighted by Crippen LogP contribution is 2.29. The first-order valence-electron chi connectivity index (χ1n) is 5.90. The van der Waals surface area contributed by atoms with Crippen LogP contribution in [0, 0.1) is 0 Å². The first-order valence-corrected chi connectivity index (χ1v) is 7.88. The summed E-state index contributed by atoms with van der Waals surface area (Å²) >= 11 is 5.52. The molecule has 0 heterocycles. The molecule has 1 unspecified atom stereocenters. The molecule has 0 aromatic heterocycles. The molecule has 108 valence electrons. The average Bonchev–Trinajstić information content (AvgIpc) is 2.43. The fraction of sp³-hybridized carbons (Fsp3) is 0.231. The maximum atomic E-state index is 11.3. The van der Waals surface area contributed by atoms with Crippen molar-refractivity contribution in [2.75, 3.05) is 17.7 Å². The predicted molar refractivity (Wildman–Crippen MR) is 79.0 cm³/mol. The molecule has 1 atom stereocenters. The Labute approximate surface area is 121 Å². The Balaban J connectivity index is 2.49. The van der Waals surface area contributed by atoms with Gasteiger partial charge in [0.1, 0.15) is 4.90 Å². The number of halogens is 1. The van der Waals surface area contributed by atoms with E-state index >= 15 is 0 Å². The number of aliphatic hydroxyl groups excluding tert-OH is 1. The largest absolute Gasteiger partial charge is 0.390 e. The zero-order valence-corrected chi connectivity index (χ0v) is 12.0. The topological polar surface area (TPSA) is 86.6 Å². The van der Waals surface area contributed by atoms with Crippen LogP contribution in [0.2, 0.25) is 0 Å². The highest BCUT2D eigenvalue weighted by Gasteiger charge is 2.15. The van der Waals surface area contributed by atoms with Crippen LogP contribution in [0.15, 0.2) is 41.3 Å². The smallest absolute Gasteiger partial charge is 0.295 e. The normalized spacial score (nSPS) is 13.3. The summed E-state index contributed by atoms with van der Waals surface area (Å²) in [5.74, 6) is 0.105. The van der Waals surface area contributed by atoms with E-state index in [-0.39, 0.29) is 17.3 Å². The molecule has 0 spiro atoms. The van der Waals surface area contributed by atoms with Gasteiger partial charge in [-0.2, -0.15) is 8.42 Å². The van der Waals surface area contributed by atoms with Crippen molar-refractivity contribution in [3.05, 3.63) is 36.4 Å². The third-order valence-corrected chi connectivity index (χ3v) is 4.14. The van der Waals surface area contributed by atoms with Gasteiger partial charge in [-0.3, -0.25) is 4.55 Å². The molecule has 0 bridgehead atoms. The van der Waals surface area contributed by atoms with Gasteiger partial charge in [0.2, 0.25) is 0 Å². The van der Waals surface area contributed by atoms with E-state index in [1.807, 2.05) is 0 Å². The van der Waals surface area contributed by atoms with Gasteiger partial charge in [-0.15, -0.1) is 11.6 Å². The van der Waals surface area contributed by atoms with Crippen molar-refractivity contribution < 1.29 is 18.1 Å². The number of alkyl halides is 1. The second-order valence-electron chi connectivity index (χ2n) is 4.32. The third kappa shape index (κ3) is 3.21. The molecule has 20 heavy (non-hydrogen) atoms. The van der Waals surface area contributed by atoms with Crippen LogP contribution in [0.1, 0.15) is 0 Å². The van der Waals surface area contributed by atoms with Gasteiger partial charge in [0.25, 0.3) is 10.1 Å². The van der Waals surface area contributed by atoms with Gasteiger partial charge in [0.15, 0.2) is 0 Å². The summed E-state index contributed by atoms with van der Waals surface area (Å²) < 4.78 is 31.9. The maximum absolute atomic E-state index is 11.3. The molecule has 2 rings (SSSR count). The van der Waals surface area contributed by atoms with E-state index in [4.69, 9.17) is 11.6 Å². The quantitative estimate of drug-likeness (QED) is 0.581. The summed E-state index contributed by atoms with van der Waals surface area (Å²) in [6, 6.07) is 9.67. The molecule has 0 aliphatic heterocycles. The molecular formula is C13H14ClNO4S. The molecule has 3 N–H and O–H groups in total. The summed E-state index contributed by atoms with van der Waals surface area (Å²) in [6.07, 6.45) is -0.698. The molecule has 2 aromatic carbocycles. The minimum Gasteiger partial charge on any atom is -0.390 e. The zero-order chi connectivity index (χ0) is 14.8. The molecule has 2 aromatic rings. The van der Waals surface area contributed by atoms with E-state index in [0.717, 1.165) is 0 Å². The Morgan fingerprint density at radius 1 is 1.15 bits per heavy atom. The molecule has 0 saturated heterocycles. The van der Waals surface area contributed by atoms with Gasteiger partial charge in [-0.25, -0.2) is 0 Å². The number of benzene rings is 2. The molecule has 7 heteroatoms. The fourth-order valence-corrected chi connectivity index (χ4v) is 2.74. The molecule has 0 fully saturated rings. The molecule has 5 nitrogen and oxygen atoms in total. The van der Waals surface area contributed by atoms with Crippen LogP contribution >= 0.6 is 11.6 Å². The van der Waals surface area contributed by atoms with Crippen LogP contribution in [-0.4, -0.2) is 36.6 Å². The van der Waals surface area contributed by atoms with Gasteiger partial charge in [-0.1, -0.05) is 24.3 Å². The van der Waals surface area contributed by atoms with Crippen LogP contribution in [0.3, 0.4) is 0 Å². The van der Waals surface area contributed by atoms with Crippen molar-refractivity contribution in [2.45, 2.75) is 11.0 Å². The lowest BCUT2D eigenvalue weighted by atomic mass is 10.1. The predicted octanol–water partition coefficient (Wildman–Crippen LogP) is 2.10. The maximum Gasteiger partial charge on any atom is 0.295 e. The Morgan fingerprint density at radius 2 is 1.80 bits per heavy atom. The molecule has 0 radical (unpaired) electrons. The van der Waals surface area contributed by atoms with E-state index in [9.17, 15) is 18.1 Å². The lowest BCUT2D eigenvalue weighted by Gasteiger charge is -2.13. The summed E-state index contributed by atoms with van der Waals surface area (Å²) in [7, 11) is -4.28. The Kier molecular flexibility index (Phi) is 4.49. The summed E-state index contributed by atoms with van der Waals surface area (Å²) in [5, 5.41) is 13.5.